The molecule has 0 bridgehead atoms. The van der Waals surface area contributed by atoms with Crippen molar-refractivity contribution in [3.8, 4) is 0 Å². The van der Waals surface area contributed by atoms with Gasteiger partial charge in [-0.3, -0.25) is 0 Å². The molecule has 6 heteroatoms. The maximum absolute atomic E-state index is 11.8. The first-order valence-corrected chi connectivity index (χ1v) is 5.42. The van der Waals surface area contributed by atoms with Crippen LogP contribution in [-0.2, 0) is 19.0 Å². The van der Waals surface area contributed by atoms with Gasteiger partial charge in [-0.05, 0) is 12.1 Å². The van der Waals surface area contributed by atoms with E-state index in [9.17, 15) is 14.4 Å². The second-order valence-electron chi connectivity index (χ2n) is 3.62. The van der Waals surface area contributed by atoms with Gasteiger partial charge in [-0.15, -0.1) is 0 Å². The number of hydrogen-bond donors (Lipinski definition) is 0. The minimum atomic E-state index is -1.28. The standard InChI is InChI=1S/C13H10O6/c1-2-10(14)18-11-7-17-12(15)8-5-3-4-6-9(8)13(16)19-11/h2-6,11H,1,7H2. The highest BCUT2D eigenvalue weighted by Gasteiger charge is 2.28. The highest BCUT2D eigenvalue weighted by Crippen LogP contribution is 2.16. The summed E-state index contributed by atoms with van der Waals surface area (Å²) in [6.07, 6.45) is -0.363. The molecule has 0 amide bonds. The van der Waals surface area contributed by atoms with E-state index >= 15 is 0 Å². The van der Waals surface area contributed by atoms with Crippen LogP contribution in [0, 0.1) is 0 Å². The van der Waals surface area contributed by atoms with Crippen LogP contribution in [-0.4, -0.2) is 30.8 Å². The van der Waals surface area contributed by atoms with E-state index in [1.165, 1.54) is 12.1 Å². The van der Waals surface area contributed by atoms with Gasteiger partial charge in [-0.25, -0.2) is 14.4 Å². The molecule has 19 heavy (non-hydrogen) atoms. The molecule has 6 nitrogen and oxygen atoms in total. The lowest BCUT2D eigenvalue weighted by Crippen LogP contribution is -2.33. The van der Waals surface area contributed by atoms with Gasteiger partial charge < -0.3 is 14.2 Å². The van der Waals surface area contributed by atoms with Gasteiger partial charge in [0, 0.05) is 6.08 Å². The van der Waals surface area contributed by atoms with Gasteiger partial charge in [0.15, 0.2) is 6.61 Å². The summed E-state index contributed by atoms with van der Waals surface area (Å²) in [5, 5.41) is 0. The highest BCUT2D eigenvalue weighted by molar-refractivity contribution is 6.03. The van der Waals surface area contributed by atoms with E-state index in [2.05, 4.69) is 6.58 Å². The molecule has 0 spiro atoms. The molecule has 98 valence electrons. The maximum atomic E-state index is 11.8. The molecule has 0 aromatic heterocycles. The van der Waals surface area contributed by atoms with E-state index in [0.717, 1.165) is 6.08 Å². The van der Waals surface area contributed by atoms with Gasteiger partial charge in [0.05, 0.1) is 11.1 Å². The molecular formula is C13H10O6. The Morgan fingerprint density at radius 1 is 1.26 bits per heavy atom. The number of fused-ring (bicyclic) bond motifs is 1. The largest absolute Gasteiger partial charge is 0.454 e. The third kappa shape index (κ3) is 2.79. The van der Waals surface area contributed by atoms with Crippen LogP contribution < -0.4 is 0 Å². The van der Waals surface area contributed by atoms with E-state index in [4.69, 9.17) is 14.2 Å². The van der Waals surface area contributed by atoms with E-state index < -0.39 is 24.2 Å². The Hall–Kier alpha value is -2.63. The molecule has 0 N–H and O–H groups in total. The van der Waals surface area contributed by atoms with Crippen molar-refractivity contribution in [2.75, 3.05) is 6.61 Å². The molecule has 0 saturated carbocycles. The monoisotopic (exact) mass is 262 g/mol. The molecule has 1 aromatic carbocycles. The number of ether oxygens (including phenoxy) is 3. The lowest BCUT2D eigenvalue weighted by molar-refractivity contribution is -0.169. The van der Waals surface area contributed by atoms with Crippen LogP contribution in [0.5, 0.6) is 0 Å². The van der Waals surface area contributed by atoms with Gasteiger partial charge in [-0.1, -0.05) is 18.7 Å². The van der Waals surface area contributed by atoms with Crippen LogP contribution in [0.4, 0.5) is 0 Å². The molecule has 0 saturated heterocycles. The first kappa shape index (κ1) is 12.8. The van der Waals surface area contributed by atoms with E-state index in [1.54, 1.807) is 12.1 Å². The lowest BCUT2D eigenvalue weighted by Gasteiger charge is -2.21. The highest BCUT2D eigenvalue weighted by atomic mass is 16.7. The van der Waals surface area contributed by atoms with Crippen LogP contribution in [0.25, 0.3) is 0 Å². The molecule has 1 unspecified atom stereocenters. The van der Waals surface area contributed by atoms with Crippen molar-refractivity contribution in [1.29, 1.82) is 0 Å². The predicted molar refractivity (Wildman–Crippen MR) is 62.2 cm³/mol. The van der Waals surface area contributed by atoms with E-state index in [0.29, 0.717) is 0 Å². The van der Waals surface area contributed by atoms with Gasteiger partial charge >= 0.3 is 17.9 Å². The number of carbonyl (C=O) groups excluding carboxylic acids is 3. The van der Waals surface area contributed by atoms with Crippen molar-refractivity contribution in [2.45, 2.75) is 6.29 Å². The second-order valence-corrected chi connectivity index (χ2v) is 3.62. The average Bonchev–Trinajstić information content (AvgIpc) is 2.43. The lowest BCUT2D eigenvalue weighted by atomic mass is 10.1. The molecule has 0 fully saturated rings. The van der Waals surface area contributed by atoms with Gasteiger partial charge in [0.2, 0.25) is 0 Å². The average molecular weight is 262 g/mol. The summed E-state index contributed by atoms with van der Waals surface area (Å²) in [5.41, 5.74) is 0.174. The number of cyclic esters (lactones) is 2. The molecule has 0 radical (unpaired) electrons. The molecule has 0 aliphatic carbocycles. The van der Waals surface area contributed by atoms with Gasteiger partial charge in [0.25, 0.3) is 6.29 Å². The van der Waals surface area contributed by atoms with E-state index in [-0.39, 0.29) is 17.7 Å². The molecular weight excluding hydrogens is 252 g/mol. The fourth-order valence-electron chi connectivity index (χ4n) is 1.51. The molecule has 1 atom stereocenters. The Balaban J connectivity index is 2.25. The van der Waals surface area contributed by atoms with Crippen LogP contribution in [0.2, 0.25) is 0 Å². The zero-order valence-electron chi connectivity index (χ0n) is 9.83. The Morgan fingerprint density at radius 3 is 2.53 bits per heavy atom. The fourth-order valence-corrected chi connectivity index (χ4v) is 1.51. The summed E-state index contributed by atoms with van der Waals surface area (Å²) in [7, 11) is 0. The number of carbonyl (C=O) groups is 3. The topological polar surface area (TPSA) is 78.9 Å². The third-order valence-electron chi connectivity index (χ3n) is 2.37. The summed E-state index contributed by atoms with van der Waals surface area (Å²) < 4.78 is 14.6. The zero-order chi connectivity index (χ0) is 13.8. The Kier molecular flexibility index (Phi) is 3.61. The minimum Gasteiger partial charge on any atom is -0.454 e. The summed E-state index contributed by atoms with van der Waals surface area (Å²) >= 11 is 0. The van der Waals surface area contributed by atoms with Crippen molar-refractivity contribution < 1.29 is 28.6 Å². The summed E-state index contributed by atoms with van der Waals surface area (Å²) in [4.78, 5) is 34.6. The fraction of sp³-hybridized carbons (Fsp3) is 0.154. The molecule has 2 rings (SSSR count). The third-order valence-corrected chi connectivity index (χ3v) is 2.37. The minimum absolute atomic E-state index is 0.0619. The van der Waals surface area contributed by atoms with Crippen LogP contribution >= 0.6 is 0 Å². The molecule has 1 aromatic rings. The number of esters is 3. The number of rotatable bonds is 2. The Bertz CT molecular complexity index is 548. The Morgan fingerprint density at radius 2 is 1.89 bits per heavy atom. The SMILES string of the molecule is C=CC(=O)OC1COC(=O)c2ccccc2C(=O)O1. The Labute approximate surface area is 108 Å². The quantitative estimate of drug-likeness (QED) is 0.586. The summed E-state index contributed by atoms with van der Waals surface area (Å²) in [5.74, 6) is -2.20. The first-order valence-electron chi connectivity index (χ1n) is 5.42. The summed E-state index contributed by atoms with van der Waals surface area (Å²) in [6, 6.07) is 6.07. The van der Waals surface area contributed by atoms with Crippen molar-refractivity contribution in [3.63, 3.8) is 0 Å². The maximum Gasteiger partial charge on any atom is 0.342 e. The van der Waals surface area contributed by atoms with Gasteiger partial charge in [0.1, 0.15) is 0 Å². The number of benzene rings is 1. The van der Waals surface area contributed by atoms with Crippen LogP contribution in [0.15, 0.2) is 36.9 Å². The molecule has 1 aliphatic rings. The predicted octanol–water partition coefficient (Wildman–Crippen LogP) is 1.07. The van der Waals surface area contributed by atoms with Crippen LogP contribution in [0.3, 0.4) is 0 Å². The van der Waals surface area contributed by atoms with Crippen molar-refractivity contribution in [2.24, 2.45) is 0 Å². The van der Waals surface area contributed by atoms with Crippen molar-refractivity contribution in [1.82, 2.24) is 0 Å². The summed E-state index contributed by atoms with van der Waals surface area (Å²) in [6.45, 7) is 2.85. The first-order chi connectivity index (χ1) is 9.11. The van der Waals surface area contributed by atoms with Gasteiger partial charge in [-0.2, -0.15) is 0 Å². The second kappa shape index (κ2) is 5.34. The van der Waals surface area contributed by atoms with Crippen molar-refractivity contribution >= 4 is 17.9 Å². The number of hydrogen-bond acceptors (Lipinski definition) is 6. The molecule has 1 aliphatic heterocycles. The normalized spacial score (nSPS) is 18.2. The zero-order valence-corrected chi connectivity index (χ0v) is 9.83. The molecule has 1 heterocycles. The van der Waals surface area contributed by atoms with Crippen molar-refractivity contribution in [3.05, 3.63) is 48.0 Å². The van der Waals surface area contributed by atoms with Crippen LogP contribution in [0.1, 0.15) is 20.7 Å². The smallest absolute Gasteiger partial charge is 0.342 e. The van der Waals surface area contributed by atoms with E-state index in [1.807, 2.05) is 0 Å².